The zero-order valence-corrected chi connectivity index (χ0v) is 16.5. The number of aryl methyl sites for hydroxylation is 1. The van der Waals surface area contributed by atoms with Crippen molar-refractivity contribution < 1.29 is 18.7 Å². The van der Waals surface area contributed by atoms with E-state index < -0.39 is 11.8 Å². The maximum atomic E-state index is 14.1. The van der Waals surface area contributed by atoms with E-state index in [-0.39, 0.29) is 18.2 Å². The van der Waals surface area contributed by atoms with Crippen LogP contribution < -0.4 is 4.90 Å². The SMILES string of the molecule is CC(=O)N(c1nc(COC(=O)c2cccc(C)c2C)cs1)c1ccccc1F. The quantitative estimate of drug-likeness (QED) is 0.571. The van der Waals surface area contributed by atoms with Gasteiger partial charge in [0.15, 0.2) is 5.13 Å². The summed E-state index contributed by atoms with van der Waals surface area (Å²) in [5.74, 6) is -1.32. The minimum atomic E-state index is -0.518. The molecule has 0 spiro atoms. The lowest BCUT2D eigenvalue weighted by Gasteiger charge is -2.18. The first-order chi connectivity index (χ1) is 13.4. The van der Waals surface area contributed by atoms with Gasteiger partial charge in [0, 0.05) is 12.3 Å². The highest BCUT2D eigenvalue weighted by molar-refractivity contribution is 7.14. The Bertz CT molecular complexity index is 1030. The molecule has 0 N–H and O–H groups in total. The maximum absolute atomic E-state index is 14.1. The number of hydrogen-bond donors (Lipinski definition) is 0. The molecule has 0 atom stereocenters. The van der Waals surface area contributed by atoms with E-state index in [0.29, 0.717) is 16.4 Å². The zero-order chi connectivity index (χ0) is 20.3. The van der Waals surface area contributed by atoms with Gasteiger partial charge < -0.3 is 4.74 Å². The number of amides is 1. The first kappa shape index (κ1) is 19.7. The number of halogens is 1. The van der Waals surface area contributed by atoms with E-state index in [2.05, 4.69) is 4.98 Å². The molecule has 0 fully saturated rings. The van der Waals surface area contributed by atoms with E-state index in [1.165, 1.54) is 35.3 Å². The van der Waals surface area contributed by atoms with Gasteiger partial charge in [0.2, 0.25) is 5.91 Å². The summed E-state index contributed by atoms with van der Waals surface area (Å²) < 4.78 is 19.5. The normalized spacial score (nSPS) is 10.6. The van der Waals surface area contributed by atoms with Gasteiger partial charge in [-0.25, -0.2) is 14.2 Å². The minimum Gasteiger partial charge on any atom is -0.456 e. The van der Waals surface area contributed by atoms with Crippen molar-refractivity contribution in [3.63, 3.8) is 0 Å². The summed E-state index contributed by atoms with van der Waals surface area (Å²) in [6.07, 6.45) is 0. The van der Waals surface area contributed by atoms with Gasteiger partial charge in [-0.1, -0.05) is 24.3 Å². The van der Waals surface area contributed by atoms with Gasteiger partial charge >= 0.3 is 5.97 Å². The van der Waals surface area contributed by atoms with Crippen LogP contribution in [0.3, 0.4) is 0 Å². The molecule has 1 aromatic heterocycles. The molecule has 144 valence electrons. The number of carbonyl (C=O) groups excluding carboxylic acids is 2. The molecule has 3 aromatic rings. The standard InChI is InChI=1S/C21H19FN2O3S/c1-13-7-6-8-17(14(13)2)20(26)27-11-16-12-28-21(23-16)24(15(3)25)19-10-5-4-9-18(19)22/h4-10,12H,11H2,1-3H3. The molecule has 7 heteroatoms. The average molecular weight is 398 g/mol. The van der Waals surface area contributed by atoms with Gasteiger partial charge in [0.05, 0.1) is 16.9 Å². The molecule has 1 heterocycles. The van der Waals surface area contributed by atoms with Crippen molar-refractivity contribution in [2.75, 3.05) is 4.90 Å². The van der Waals surface area contributed by atoms with E-state index in [1.807, 2.05) is 19.9 Å². The molecule has 0 saturated carbocycles. The fourth-order valence-electron chi connectivity index (χ4n) is 2.70. The van der Waals surface area contributed by atoms with E-state index in [9.17, 15) is 14.0 Å². The molecule has 0 bridgehead atoms. The van der Waals surface area contributed by atoms with E-state index in [0.717, 1.165) is 11.1 Å². The number of carbonyl (C=O) groups is 2. The van der Waals surface area contributed by atoms with Crippen molar-refractivity contribution >= 4 is 34.0 Å². The summed E-state index contributed by atoms with van der Waals surface area (Å²) >= 11 is 1.18. The van der Waals surface area contributed by atoms with Crippen LogP contribution in [0.2, 0.25) is 0 Å². The van der Waals surface area contributed by atoms with Crippen LogP contribution in [0.25, 0.3) is 0 Å². The van der Waals surface area contributed by atoms with Gasteiger partial charge in [0.1, 0.15) is 12.4 Å². The third kappa shape index (κ3) is 4.09. The van der Waals surface area contributed by atoms with Gasteiger partial charge in [0.25, 0.3) is 0 Å². The summed E-state index contributed by atoms with van der Waals surface area (Å²) in [6, 6.07) is 11.4. The van der Waals surface area contributed by atoms with Crippen molar-refractivity contribution in [1.82, 2.24) is 4.98 Å². The van der Waals surface area contributed by atoms with Gasteiger partial charge in [-0.3, -0.25) is 9.69 Å². The van der Waals surface area contributed by atoms with Crippen molar-refractivity contribution in [3.05, 3.63) is 76.0 Å². The lowest BCUT2D eigenvalue weighted by molar-refractivity contribution is -0.115. The highest BCUT2D eigenvalue weighted by atomic mass is 32.1. The molecule has 0 aliphatic carbocycles. The number of rotatable bonds is 5. The third-order valence-electron chi connectivity index (χ3n) is 4.31. The number of para-hydroxylation sites is 1. The number of nitrogens with zero attached hydrogens (tertiary/aromatic N) is 2. The fourth-order valence-corrected chi connectivity index (χ4v) is 3.56. The Kier molecular flexibility index (Phi) is 5.84. The number of hydrogen-bond acceptors (Lipinski definition) is 5. The summed E-state index contributed by atoms with van der Waals surface area (Å²) in [7, 11) is 0. The number of anilines is 2. The lowest BCUT2D eigenvalue weighted by Crippen LogP contribution is -2.23. The summed E-state index contributed by atoms with van der Waals surface area (Å²) in [5.41, 5.74) is 3.00. The Morgan fingerprint density at radius 2 is 1.89 bits per heavy atom. The molecule has 5 nitrogen and oxygen atoms in total. The van der Waals surface area contributed by atoms with Crippen LogP contribution >= 0.6 is 11.3 Å². The van der Waals surface area contributed by atoms with E-state index in [1.54, 1.807) is 29.6 Å². The molecule has 0 aliphatic heterocycles. The van der Waals surface area contributed by atoms with Crippen LogP contribution in [0.5, 0.6) is 0 Å². The third-order valence-corrected chi connectivity index (χ3v) is 5.19. The molecule has 3 rings (SSSR count). The smallest absolute Gasteiger partial charge is 0.338 e. The predicted octanol–water partition coefficient (Wildman–Crippen LogP) is 4.94. The summed E-state index contributed by atoms with van der Waals surface area (Å²) in [5, 5.41) is 2.00. The Balaban J connectivity index is 1.76. The fraction of sp³-hybridized carbons (Fsp3) is 0.190. The number of thiazole rings is 1. The molecule has 0 saturated heterocycles. The second-order valence-electron chi connectivity index (χ2n) is 6.25. The second-order valence-corrected chi connectivity index (χ2v) is 7.09. The van der Waals surface area contributed by atoms with Crippen molar-refractivity contribution in [1.29, 1.82) is 0 Å². The van der Waals surface area contributed by atoms with Crippen LogP contribution in [0.15, 0.2) is 47.8 Å². The molecule has 1 amide bonds. The lowest BCUT2D eigenvalue weighted by atomic mass is 10.0. The number of benzene rings is 2. The number of esters is 1. The monoisotopic (exact) mass is 398 g/mol. The Morgan fingerprint density at radius 3 is 2.61 bits per heavy atom. The average Bonchev–Trinajstić information content (AvgIpc) is 3.12. The van der Waals surface area contributed by atoms with E-state index >= 15 is 0 Å². The molecular weight excluding hydrogens is 379 g/mol. The maximum Gasteiger partial charge on any atom is 0.338 e. The zero-order valence-electron chi connectivity index (χ0n) is 15.7. The van der Waals surface area contributed by atoms with Gasteiger partial charge in [-0.05, 0) is 43.2 Å². The number of aromatic nitrogens is 1. The molecule has 2 aromatic carbocycles. The van der Waals surface area contributed by atoms with Crippen molar-refractivity contribution in [2.45, 2.75) is 27.4 Å². The Hall–Kier alpha value is -3.06. The van der Waals surface area contributed by atoms with E-state index in [4.69, 9.17) is 4.74 Å². The largest absolute Gasteiger partial charge is 0.456 e. The van der Waals surface area contributed by atoms with Gasteiger partial charge in [-0.2, -0.15) is 0 Å². The topological polar surface area (TPSA) is 59.5 Å². The highest BCUT2D eigenvalue weighted by Gasteiger charge is 2.21. The summed E-state index contributed by atoms with van der Waals surface area (Å²) in [4.78, 5) is 30.0. The highest BCUT2D eigenvalue weighted by Crippen LogP contribution is 2.31. The van der Waals surface area contributed by atoms with Crippen LogP contribution in [0, 0.1) is 19.7 Å². The molecular formula is C21H19FN2O3S. The Labute approximate surface area is 166 Å². The van der Waals surface area contributed by atoms with Gasteiger partial charge in [-0.15, -0.1) is 11.3 Å². The second kappa shape index (κ2) is 8.31. The predicted molar refractivity (Wildman–Crippen MR) is 106 cm³/mol. The van der Waals surface area contributed by atoms with Crippen LogP contribution in [-0.4, -0.2) is 16.9 Å². The first-order valence-corrected chi connectivity index (χ1v) is 9.49. The minimum absolute atomic E-state index is 0.0360. The van der Waals surface area contributed by atoms with Crippen molar-refractivity contribution in [2.24, 2.45) is 0 Å². The molecule has 0 unspecified atom stereocenters. The first-order valence-electron chi connectivity index (χ1n) is 8.61. The Morgan fingerprint density at radius 1 is 1.14 bits per heavy atom. The summed E-state index contributed by atoms with van der Waals surface area (Å²) in [6.45, 7) is 5.10. The molecule has 0 radical (unpaired) electrons. The molecule has 0 aliphatic rings. The number of ether oxygens (including phenoxy) is 1. The van der Waals surface area contributed by atoms with Crippen molar-refractivity contribution in [3.8, 4) is 0 Å². The van der Waals surface area contributed by atoms with Crippen LogP contribution in [0.4, 0.5) is 15.2 Å². The van der Waals surface area contributed by atoms with Crippen LogP contribution in [-0.2, 0) is 16.1 Å². The van der Waals surface area contributed by atoms with Crippen LogP contribution in [0.1, 0.15) is 34.1 Å². The molecule has 28 heavy (non-hydrogen) atoms.